The number of aromatic nitrogens is 1. The van der Waals surface area contributed by atoms with Crippen molar-refractivity contribution in [3.63, 3.8) is 0 Å². The van der Waals surface area contributed by atoms with Crippen molar-refractivity contribution < 1.29 is 4.79 Å². The SMILES string of the molecule is CCC(c1ccccc1)N1CCN(C(=NC)NCCNC(=O)c2cccnc2)CC1. The average molecular weight is 409 g/mol. The number of hydrogen-bond acceptors (Lipinski definition) is 4. The number of hydrogen-bond donors (Lipinski definition) is 2. The van der Waals surface area contributed by atoms with Crippen molar-refractivity contribution in [2.45, 2.75) is 19.4 Å². The molecule has 0 saturated carbocycles. The number of aliphatic imine (C=N–C) groups is 1. The Morgan fingerprint density at radius 2 is 1.80 bits per heavy atom. The molecule has 1 amide bonds. The predicted molar refractivity (Wildman–Crippen MR) is 121 cm³/mol. The molecule has 0 radical (unpaired) electrons. The maximum Gasteiger partial charge on any atom is 0.252 e. The van der Waals surface area contributed by atoms with Gasteiger partial charge in [0.2, 0.25) is 0 Å². The topological polar surface area (TPSA) is 72.9 Å². The van der Waals surface area contributed by atoms with E-state index in [2.05, 4.69) is 67.7 Å². The van der Waals surface area contributed by atoms with Gasteiger partial charge in [0.1, 0.15) is 0 Å². The Labute approximate surface area is 179 Å². The smallest absolute Gasteiger partial charge is 0.252 e. The van der Waals surface area contributed by atoms with Crippen LogP contribution >= 0.6 is 0 Å². The molecule has 0 bridgehead atoms. The van der Waals surface area contributed by atoms with Crippen LogP contribution in [-0.4, -0.2) is 73.0 Å². The highest BCUT2D eigenvalue weighted by molar-refractivity contribution is 5.93. The van der Waals surface area contributed by atoms with Crippen molar-refractivity contribution in [2.24, 2.45) is 4.99 Å². The summed E-state index contributed by atoms with van der Waals surface area (Å²) in [6.07, 6.45) is 4.33. The Morgan fingerprint density at radius 3 is 2.43 bits per heavy atom. The molecule has 1 aliphatic heterocycles. The number of nitrogens with one attached hydrogen (secondary N) is 2. The highest BCUT2D eigenvalue weighted by Crippen LogP contribution is 2.25. The Kier molecular flexibility index (Phi) is 8.20. The number of carbonyl (C=O) groups is 1. The first-order valence-electron chi connectivity index (χ1n) is 10.7. The molecule has 1 atom stereocenters. The number of carbonyl (C=O) groups excluding carboxylic acids is 1. The monoisotopic (exact) mass is 408 g/mol. The summed E-state index contributed by atoms with van der Waals surface area (Å²) in [5.41, 5.74) is 1.96. The fraction of sp³-hybridized carbons (Fsp3) is 0.435. The third kappa shape index (κ3) is 5.79. The van der Waals surface area contributed by atoms with Gasteiger partial charge in [0, 0.05) is 64.8 Å². The van der Waals surface area contributed by atoms with Crippen LogP contribution < -0.4 is 10.6 Å². The molecule has 0 aliphatic carbocycles. The lowest BCUT2D eigenvalue weighted by Gasteiger charge is -2.40. The summed E-state index contributed by atoms with van der Waals surface area (Å²) in [5.74, 6) is 0.776. The van der Waals surface area contributed by atoms with Gasteiger partial charge in [-0.15, -0.1) is 0 Å². The molecular weight excluding hydrogens is 376 g/mol. The molecule has 7 nitrogen and oxygen atoms in total. The van der Waals surface area contributed by atoms with Crippen molar-refractivity contribution in [2.75, 3.05) is 46.3 Å². The third-order valence-corrected chi connectivity index (χ3v) is 5.45. The molecule has 160 valence electrons. The molecular formula is C23H32N6O. The van der Waals surface area contributed by atoms with Crippen molar-refractivity contribution in [1.82, 2.24) is 25.4 Å². The summed E-state index contributed by atoms with van der Waals surface area (Å²) >= 11 is 0. The largest absolute Gasteiger partial charge is 0.354 e. The summed E-state index contributed by atoms with van der Waals surface area (Å²) in [4.78, 5) is 25.3. The van der Waals surface area contributed by atoms with Gasteiger partial charge in [-0.3, -0.25) is 19.7 Å². The number of guanidine groups is 1. The van der Waals surface area contributed by atoms with E-state index in [1.54, 1.807) is 24.5 Å². The summed E-state index contributed by atoms with van der Waals surface area (Å²) in [6, 6.07) is 14.7. The number of pyridine rings is 1. The molecule has 0 spiro atoms. The zero-order valence-electron chi connectivity index (χ0n) is 17.9. The summed E-state index contributed by atoms with van der Waals surface area (Å²) in [5, 5.41) is 6.27. The van der Waals surface area contributed by atoms with Crippen LogP contribution in [0, 0.1) is 0 Å². The van der Waals surface area contributed by atoms with E-state index in [-0.39, 0.29) is 5.91 Å². The standard InChI is InChI=1S/C23H32N6O/c1-3-21(19-8-5-4-6-9-19)28-14-16-29(17-15-28)23(24-2)27-13-12-26-22(30)20-10-7-11-25-18-20/h4-11,18,21H,3,12-17H2,1-2H3,(H,24,27)(H,26,30). The second-order valence-corrected chi connectivity index (χ2v) is 7.33. The average Bonchev–Trinajstić information content (AvgIpc) is 2.81. The van der Waals surface area contributed by atoms with Crippen LogP contribution in [0.2, 0.25) is 0 Å². The van der Waals surface area contributed by atoms with Crippen LogP contribution in [0.25, 0.3) is 0 Å². The van der Waals surface area contributed by atoms with Gasteiger partial charge < -0.3 is 15.5 Å². The van der Waals surface area contributed by atoms with Crippen LogP contribution in [0.15, 0.2) is 59.9 Å². The zero-order chi connectivity index (χ0) is 21.2. The number of piperazine rings is 1. The van der Waals surface area contributed by atoms with Gasteiger partial charge in [0.25, 0.3) is 5.91 Å². The first kappa shape index (κ1) is 21.8. The van der Waals surface area contributed by atoms with Crippen molar-refractivity contribution in [3.05, 3.63) is 66.0 Å². The van der Waals surface area contributed by atoms with Crippen molar-refractivity contribution in [1.29, 1.82) is 0 Å². The first-order chi connectivity index (χ1) is 14.7. The maximum absolute atomic E-state index is 12.1. The number of benzene rings is 1. The van der Waals surface area contributed by atoms with E-state index in [0.29, 0.717) is 24.7 Å². The number of nitrogens with zero attached hydrogens (tertiary/aromatic N) is 4. The second-order valence-electron chi connectivity index (χ2n) is 7.33. The van der Waals surface area contributed by atoms with Gasteiger partial charge in [-0.1, -0.05) is 37.3 Å². The van der Waals surface area contributed by atoms with Crippen LogP contribution in [0.3, 0.4) is 0 Å². The van der Waals surface area contributed by atoms with Crippen molar-refractivity contribution in [3.8, 4) is 0 Å². The van der Waals surface area contributed by atoms with Gasteiger partial charge in [0.05, 0.1) is 5.56 Å². The van der Waals surface area contributed by atoms with E-state index >= 15 is 0 Å². The van der Waals surface area contributed by atoms with Gasteiger partial charge in [-0.25, -0.2) is 0 Å². The Balaban J connectivity index is 1.43. The molecule has 30 heavy (non-hydrogen) atoms. The summed E-state index contributed by atoms with van der Waals surface area (Å²) in [7, 11) is 1.81. The molecule has 1 aliphatic rings. The van der Waals surface area contributed by atoms with Gasteiger partial charge in [-0.2, -0.15) is 0 Å². The van der Waals surface area contributed by atoms with E-state index < -0.39 is 0 Å². The quantitative estimate of drug-likeness (QED) is 0.417. The Morgan fingerprint density at radius 1 is 1.07 bits per heavy atom. The van der Waals surface area contributed by atoms with E-state index in [4.69, 9.17) is 0 Å². The molecule has 2 heterocycles. The lowest BCUT2D eigenvalue weighted by molar-refractivity contribution is 0.0953. The second kappa shape index (κ2) is 11.3. The minimum Gasteiger partial charge on any atom is -0.354 e. The number of rotatable bonds is 7. The van der Waals surface area contributed by atoms with Crippen LogP contribution in [-0.2, 0) is 0 Å². The minimum absolute atomic E-state index is 0.111. The molecule has 2 N–H and O–H groups in total. The molecule has 1 saturated heterocycles. The normalized spacial score (nSPS) is 16.2. The van der Waals surface area contributed by atoms with Crippen LogP contribution in [0.1, 0.15) is 35.3 Å². The molecule has 3 rings (SSSR count). The highest BCUT2D eigenvalue weighted by Gasteiger charge is 2.25. The fourth-order valence-corrected chi connectivity index (χ4v) is 3.91. The van der Waals surface area contributed by atoms with Gasteiger partial charge in [-0.05, 0) is 24.1 Å². The van der Waals surface area contributed by atoms with E-state index in [1.165, 1.54) is 5.56 Å². The molecule has 7 heteroatoms. The molecule has 1 fully saturated rings. The summed E-state index contributed by atoms with van der Waals surface area (Å²) in [6.45, 7) is 7.29. The summed E-state index contributed by atoms with van der Waals surface area (Å²) < 4.78 is 0. The highest BCUT2D eigenvalue weighted by atomic mass is 16.1. The van der Waals surface area contributed by atoms with Gasteiger partial charge in [0.15, 0.2) is 5.96 Å². The minimum atomic E-state index is -0.111. The molecule has 1 aromatic carbocycles. The predicted octanol–water partition coefficient (Wildman–Crippen LogP) is 2.16. The first-order valence-corrected chi connectivity index (χ1v) is 10.7. The number of amides is 1. The van der Waals surface area contributed by atoms with E-state index in [1.807, 2.05) is 7.05 Å². The van der Waals surface area contributed by atoms with Gasteiger partial charge >= 0.3 is 0 Å². The van der Waals surface area contributed by atoms with Crippen LogP contribution in [0.5, 0.6) is 0 Å². The lowest BCUT2D eigenvalue weighted by atomic mass is 10.0. The van der Waals surface area contributed by atoms with E-state index in [9.17, 15) is 4.79 Å². The third-order valence-electron chi connectivity index (χ3n) is 5.45. The molecule has 1 unspecified atom stereocenters. The molecule has 2 aromatic rings. The van der Waals surface area contributed by atoms with Crippen LogP contribution in [0.4, 0.5) is 0 Å². The Bertz CT molecular complexity index is 803. The molecule has 1 aromatic heterocycles. The lowest BCUT2D eigenvalue weighted by Crippen LogP contribution is -2.53. The maximum atomic E-state index is 12.1. The Hall–Kier alpha value is -2.93. The van der Waals surface area contributed by atoms with Crippen molar-refractivity contribution >= 4 is 11.9 Å². The van der Waals surface area contributed by atoms with E-state index in [0.717, 1.165) is 38.6 Å². The zero-order valence-corrected chi connectivity index (χ0v) is 17.9. The fourth-order valence-electron chi connectivity index (χ4n) is 3.91.